The predicted octanol–water partition coefficient (Wildman–Crippen LogP) is 0.702. The summed E-state index contributed by atoms with van der Waals surface area (Å²) in [6.45, 7) is 14.4. The van der Waals surface area contributed by atoms with Crippen LogP contribution in [0.1, 0.15) is 22.5 Å². The molecule has 1 N–H and O–H groups in total. The van der Waals surface area contributed by atoms with E-state index in [0.717, 1.165) is 49.4 Å². The van der Waals surface area contributed by atoms with Crippen LogP contribution >= 0.6 is 11.3 Å². The van der Waals surface area contributed by atoms with Gasteiger partial charge in [-0.05, 0) is 20.8 Å². The van der Waals surface area contributed by atoms with E-state index < -0.39 is 0 Å². The third-order valence-corrected chi connectivity index (χ3v) is 6.22. The average molecular weight is 409 g/mol. The Hall–Kier alpha value is -1.71. The first-order chi connectivity index (χ1) is 13.6. The van der Waals surface area contributed by atoms with Crippen molar-refractivity contribution in [3.05, 3.63) is 15.6 Å². The molecule has 2 fully saturated rings. The fraction of sp³-hybridized carbons (Fsp3) is 0.737. The lowest BCUT2D eigenvalue weighted by Crippen LogP contribution is -2.54. The van der Waals surface area contributed by atoms with Crippen LogP contribution in [0.5, 0.6) is 0 Å². The van der Waals surface area contributed by atoms with E-state index in [1.54, 1.807) is 11.3 Å². The molecule has 0 bridgehead atoms. The number of hydrogen-bond acceptors (Lipinski definition) is 6. The summed E-state index contributed by atoms with van der Waals surface area (Å²) in [7, 11) is 0. The maximum atomic E-state index is 12.4. The van der Waals surface area contributed by atoms with Gasteiger partial charge in [0.1, 0.15) is 5.01 Å². The number of carbonyl (C=O) groups excluding carboxylic acids is 1. The number of nitrogens with zero attached hydrogens (tertiary/aromatic N) is 5. The fourth-order valence-electron chi connectivity index (χ4n) is 3.40. The molecule has 1 amide bonds. The fourth-order valence-corrected chi connectivity index (χ4v) is 4.26. The van der Waals surface area contributed by atoms with Gasteiger partial charge in [0, 0.05) is 50.7 Å². The third kappa shape index (κ3) is 5.65. The van der Waals surface area contributed by atoms with Crippen LogP contribution in [0.4, 0.5) is 0 Å². The molecule has 0 spiro atoms. The van der Waals surface area contributed by atoms with Crippen molar-refractivity contribution in [2.75, 3.05) is 65.6 Å². The van der Waals surface area contributed by atoms with Crippen LogP contribution in [0, 0.1) is 13.8 Å². The third-order valence-electron chi connectivity index (χ3n) is 5.17. The van der Waals surface area contributed by atoms with E-state index in [1.807, 2.05) is 11.8 Å². The molecular weight excluding hydrogens is 376 g/mol. The molecule has 156 valence electrons. The molecule has 0 radical (unpaired) electrons. The van der Waals surface area contributed by atoms with Gasteiger partial charge in [-0.3, -0.25) is 9.69 Å². The smallest absolute Gasteiger partial charge is 0.236 e. The van der Waals surface area contributed by atoms with Gasteiger partial charge in [-0.15, -0.1) is 11.3 Å². The highest BCUT2D eigenvalue weighted by atomic mass is 32.1. The van der Waals surface area contributed by atoms with Gasteiger partial charge >= 0.3 is 0 Å². The summed E-state index contributed by atoms with van der Waals surface area (Å²) in [5, 5.41) is 4.45. The lowest BCUT2D eigenvalue weighted by atomic mass is 10.3. The van der Waals surface area contributed by atoms with Gasteiger partial charge in [0.15, 0.2) is 5.96 Å². The first kappa shape index (κ1) is 21.0. The highest BCUT2D eigenvalue weighted by Gasteiger charge is 2.24. The van der Waals surface area contributed by atoms with Gasteiger partial charge in [-0.25, -0.2) is 9.98 Å². The van der Waals surface area contributed by atoms with Crippen molar-refractivity contribution in [3.8, 4) is 0 Å². The Bertz CT molecular complexity index is 658. The number of thiazole rings is 1. The molecule has 9 heteroatoms. The van der Waals surface area contributed by atoms with Crippen molar-refractivity contribution in [1.82, 2.24) is 25.0 Å². The lowest BCUT2D eigenvalue weighted by molar-refractivity contribution is -0.136. The number of hydrogen-bond donors (Lipinski definition) is 1. The standard InChI is InChI=1S/C19H32N6O2S/c1-4-20-19(21-13-17-22-15(2)16(3)28-17)25-7-5-23(6-8-25)14-18(26)24-9-11-27-12-10-24/h4-14H2,1-3H3,(H,20,21). The molecular formula is C19H32N6O2S. The first-order valence-corrected chi connectivity index (χ1v) is 10.9. The molecule has 0 saturated carbocycles. The normalized spacial score (nSPS) is 19.2. The molecule has 28 heavy (non-hydrogen) atoms. The highest BCUT2D eigenvalue weighted by molar-refractivity contribution is 7.11. The van der Waals surface area contributed by atoms with E-state index in [2.05, 4.69) is 33.9 Å². The second kappa shape index (κ2) is 10.2. The molecule has 1 aromatic heterocycles. The van der Waals surface area contributed by atoms with Crippen molar-refractivity contribution < 1.29 is 9.53 Å². The molecule has 2 aliphatic heterocycles. The van der Waals surface area contributed by atoms with Crippen LogP contribution in [0.15, 0.2) is 4.99 Å². The number of aryl methyl sites for hydroxylation is 2. The second-order valence-electron chi connectivity index (χ2n) is 7.18. The number of guanidine groups is 1. The van der Waals surface area contributed by atoms with E-state index in [-0.39, 0.29) is 5.91 Å². The Kier molecular flexibility index (Phi) is 7.64. The second-order valence-corrected chi connectivity index (χ2v) is 8.46. The van der Waals surface area contributed by atoms with E-state index in [1.165, 1.54) is 4.88 Å². The summed E-state index contributed by atoms with van der Waals surface area (Å²) in [5.74, 6) is 1.15. The van der Waals surface area contributed by atoms with Gasteiger partial charge in [-0.2, -0.15) is 0 Å². The molecule has 1 aromatic rings. The number of rotatable bonds is 5. The monoisotopic (exact) mass is 408 g/mol. The molecule has 0 atom stereocenters. The summed E-state index contributed by atoms with van der Waals surface area (Å²) in [6.07, 6.45) is 0. The zero-order valence-electron chi connectivity index (χ0n) is 17.2. The van der Waals surface area contributed by atoms with Crippen LogP contribution in [-0.2, 0) is 16.1 Å². The molecule has 0 aliphatic carbocycles. The van der Waals surface area contributed by atoms with E-state index in [9.17, 15) is 4.79 Å². The maximum Gasteiger partial charge on any atom is 0.236 e. The van der Waals surface area contributed by atoms with Gasteiger partial charge in [0.25, 0.3) is 0 Å². The minimum atomic E-state index is 0.215. The van der Waals surface area contributed by atoms with Crippen molar-refractivity contribution in [3.63, 3.8) is 0 Å². The van der Waals surface area contributed by atoms with E-state index >= 15 is 0 Å². The van der Waals surface area contributed by atoms with Crippen LogP contribution in [-0.4, -0.2) is 97.1 Å². The zero-order chi connectivity index (χ0) is 19.9. The van der Waals surface area contributed by atoms with Crippen molar-refractivity contribution in [2.45, 2.75) is 27.3 Å². The number of piperazine rings is 1. The number of aliphatic imine (C=N–C) groups is 1. The van der Waals surface area contributed by atoms with Crippen LogP contribution in [0.25, 0.3) is 0 Å². The van der Waals surface area contributed by atoms with Gasteiger partial charge < -0.3 is 19.9 Å². The van der Waals surface area contributed by atoms with E-state index in [0.29, 0.717) is 39.4 Å². The van der Waals surface area contributed by atoms with Gasteiger partial charge in [-0.1, -0.05) is 0 Å². The Morgan fingerprint density at radius 3 is 2.46 bits per heavy atom. The lowest BCUT2D eigenvalue weighted by Gasteiger charge is -2.37. The molecule has 8 nitrogen and oxygen atoms in total. The van der Waals surface area contributed by atoms with Crippen LogP contribution in [0.2, 0.25) is 0 Å². The molecule has 2 saturated heterocycles. The topological polar surface area (TPSA) is 73.3 Å². The first-order valence-electron chi connectivity index (χ1n) is 10.1. The van der Waals surface area contributed by atoms with E-state index in [4.69, 9.17) is 9.73 Å². The maximum absolute atomic E-state index is 12.4. The number of carbonyl (C=O) groups is 1. The summed E-state index contributed by atoms with van der Waals surface area (Å²) < 4.78 is 5.33. The summed E-state index contributed by atoms with van der Waals surface area (Å²) in [4.78, 5) is 29.5. The average Bonchev–Trinajstić information content (AvgIpc) is 3.04. The van der Waals surface area contributed by atoms with Crippen molar-refractivity contribution in [2.24, 2.45) is 4.99 Å². The Morgan fingerprint density at radius 2 is 1.86 bits per heavy atom. The predicted molar refractivity (Wildman–Crippen MR) is 112 cm³/mol. The molecule has 2 aliphatic rings. The van der Waals surface area contributed by atoms with Crippen molar-refractivity contribution in [1.29, 1.82) is 0 Å². The van der Waals surface area contributed by atoms with Crippen LogP contribution in [0.3, 0.4) is 0 Å². The number of morpholine rings is 1. The highest BCUT2D eigenvalue weighted by Crippen LogP contribution is 2.17. The molecule has 0 unspecified atom stereocenters. The number of aromatic nitrogens is 1. The largest absolute Gasteiger partial charge is 0.378 e. The van der Waals surface area contributed by atoms with Crippen molar-refractivity contribution >= 4 is 23.2 Å². The molecule has 0 aromatic carbocycles. The minimum absolute atomic E-state index is 0.215. The quantitative estimate of drug-likeness (QED) is 0.571. The number of nitrogens with one attached hydrogen (secondary N) is 1. The Morgan fingerprint density at radius 1 is 1.14 bits per heavy atom. The SMILES string of the molecule is CCNC(=NCc1nc(C)c(C)s1)N1CCN(CC(=O)N2CCOCC2)CC1. The minimum Gasteiger partial charge on any atom is -0.378 e. The summed E-state index contributed by atoms with van der Waals surface area (Å²) in [5.41, 5.74) is 1.10. The number of amides is 1. The molecule has 3 heterocycles. The summed E-state index contributed by atoms with van der Waals surface area (Å²) in [6, 6.07) is 0. The Balaban J connectivity index is 1.50. The van der Waals surface area contributed by atoms with Gasteiger partial charge in [0.2, 0.25) is 5.91 Å². The Labute approximate surface area is 171 Å². The zero-order valence-corrected chi connectivity index (χ0v) is 18.1. The number of ether oxygens (including phenoxy) is 1. The van der Waals surface area contributed by atoms with Gasteiger partial charge in [0.05, 0.1) is 32.0 Å². The molecule has 3 rings (SSSR count). The van der Waals surface area contributed by atoms with Crippen LogP contribution < -0.4 is 5.32 Å². The summed E-state index contributed by atoms with van der Waals surface area (Å²) >= 11 is 1.72.